The molecule has 1 aromatic carbocycles. The molecule has 0 radical (unpaired) electrons. The van der Waals surface area contributed by atoms with Crippen LogP contribution in [0.2, 0.25) is 0 Å². The predicted octanol–water partition coefficient (Wildman–Crippen LogP) is 3.52. The fourth-order valence-corrected chi connectivity index (χ4v) is 2.63. The van der Waals surface area contributed by atoms with Crippen LogP contribution in [0.5, 0.6) is 0 Å². The van der Waals surface area contributed by atoms with Crippen molar-refractivity contribution in [3.8, 4) is 10.6 Å². The number of hydrogen-bond donors (Lipinski definition) is 0. The second-order valence-corrected chi connectivity index (χ2v) is 5.58. The zero-order valence-electron chi connectivity index (χ0n) is 11.6. The molecule has 1 heterocycles. The van der Waals surface area contributed by atoms with Crippen LogP contribution in [0, 0.1) is 12.7 Å². The van der Waals surface area contributed by atoms with Crippen molar-refractivity contribution in [1.82, 2.24) is 9.88 Å². The molecule has 0 bridgehead atoms. The van der Waals surface area contributed by atoms with Crippen LogP contribution in [0.15, 0.2) is 36.5 Å². The topological polar surface area (TPSA) is 33.2 Å². The number of hydrogen-bond acceptors (Lipinski definition) is 4. The van der Waals surface area contributed by atoms with E-state index in [9.17, 15) is 9.18 Å². The lowest BCUT2D eigenvalue weighted by molar-refractivity contribution is 0.104. The maximum atomic E-state index is 12.9. The monoisotopic (exact) mass is 290 g/mol. The first kappa shape index (κ1) is 14.4. The first-order valence-corrected chi connectivity index (χ1v) is 6.91. The number of ketones is 1. The third-order valence-electron chi connectivity index (χ3n) is 2.64. The van der Waals surface area contributed by atoms with Gasteiger partial charge in [0.05, 0.1) is 10.6 Å². The number of carbonyl (C=O) groups excluding carboxylic acids is 1. The van der Waals surface area contributed by atoms with E-state index in [0.717, 1.165) is 10.6 Å². The van der Waals surface area contributed by atoms with E-state index < -0.39 is 0 Å². The Morgan fingerprint density at radius 1 is 1.30 bits per heavy atom. The van der Waals surface area contributed by atoms with Crippen LogP contribution in [0.25, 0.3) is 10.6 Å². The van der Waals surface area contributed by atoms with E-state index >= 15 is 0 Å². The number of benzene rings is 1. The van der Waals surface area contributed by atoms with Gasteiger partial charge in [-0.05, 0) is 31.2 Å². The van der Waals surface area contributed by atoms with Crippen molar-refractivity contribution < 1.29 is 9.18 Å². The van der Waals surface area contributed by atoms with Gasteiger partial charge in [0, 0.05) is 31.9 Å². The average Bonchev–Trinajstić information content (AvgIpc) is 2.79. The van der Waals surface area contributed by atoms with E-state index in [-0.39, 0.29) is 11.6 Å². The van der Waals surface area contributed by atoms with Gasteiger partial charge in [0.1, 0.15) is 10.8 Å². The molecule has 0 fully saturated rings. The lowest BCUT2D eigenvalue weighted by Gasteiger charge is -2.01. The summed E-state index contributed by atoms with van der Waals surface area (Å²) in [4.78, 5) is 18.9. The first-order chi connectivity index (χ1) is 9.47. The van der Waals surface area contributed by atoms with Crippen molar-refractivity contribution >= 4 is 17.1 Å². The summed E-state index contributed by atoms with van der Waals surface area (Å²) in [5.74, 6) is -0.352. The van der Waals surface area contributed by atoms with E-state index in [1.807, 2.05) is 14.1 Å². The number of rotatable bonds is 4. The zero-order chi connectivity index (χ0) is 14.7. The van der Waals surface area contributed by atoms with Crippen LogP contribution in [-0.2, 0) is 0 Å². The number of aryl methyl sites for hydroxylation is 1. The fraction of sp³-hybridized carbons (Fsp3) is 0.200. The van der Waals surface area contributed by atoms with Gasteiger partial charge < -0.3 is 4.90 Å². The normalized spacial score (nSPS) is 11.0. The third-order valence-corrected chi connectivity index (χ3v) is 3.86. The van der Waals surface area contributed by atoms with E-state index in [1.54, 1.807) is 30.2 Å². The highest BCUT2D eigenvalue weighted by atomic mass is 32.1. The van der Waals surface area contributed by atoms with Crippen LogP contribution in [0.3, 0.4) is 0 Å². The summed E-state index contributed by atoms with van der Waals surface area (Å²) in [5, 5.41) is 0.726. The molecule has 5 heteroatoms. The molecule has 2 rings (SSSR count). The fourth-order valence-electron chi connectivity index (χ4n) is 1.63. The van der Waals surface area contributed by atoms with Gasteiger partial charge in [-0.1, -0.05) is 0 Å². The van der Waals surface area contributed by atoms with Gasteiger partial charge in [0.15, 0.2) is 5.78 Å². The van der Waals surface area contributed by atoms with Crippen molar-refractivity contribution in [2.45, 2.75) is 6.92 Å². The van der Waals surface area contributed by atoms with Gasteiger partial charge in [-0.25, -0.2) is 9.37 Å². The average molecular weight is 290 g/mol. The molecule has 0 amide bonds. The Balaban J connectivity index is 2.30. The molecule has 0 unspecified atom stereocenters. The number of carbonyl (C=O) groups is 1. The van der Waals surface area contributed by atoms with E-state index in [4.69, 9.17) is 0 Å². The number of allylic oxidation sites excluding steroid dienone is 1. The Labute approximate surface area is 121 Å². The molecule has 0 saturated heterocycles. The highest BCUT2D eigenvalue weighted by Gasteiger charge is 2.14. The molecule has 20 heavy (non-hydrogen) atoms. The number of halogens is 1. The Hall–Kier alpha value is -2.01. The molecular formula is C15H15FN2OS. The molecule has 104 valence electrons. The Morgan fingerprint density at radius 3 is 2.55 bits per heavy atom. The minimum Gasteiger partial charge on any atom is -0.383 e. The molecule has 3 nitrogen and oxygen atoms in total. The van der Waals surface area contributed by atoms with Crippen molar-refractivity contribution in [3.63, 3.8) is 0 Å². The van der Waals surface area contributed by atoms with Gasteiger partial charge in [-0.3, -0.25) is 4.79 Å². The lowest BCUT2D eigenvalue weighted by atomic mass is 10.2. The van der Waals surface area contributed by atoms with Crippen molar-refractivity contribution in [1.29, 1.82) is 0 Å². The number of thiazole rings is 1. The van der Waals surface area contributed by atoms with Gasteiger partial charge in [-0.15, -0.1) is 11.3 Å². The van der Waals surface area contributed by atoms with Crippen LogP contribution in [0.4, 0.5) is 4.39 Å². The summed E-state index contributed by atoms with van der Waals surface area (Å²) >= 11 is 1.33. The lowest BCUT2D eigenvalue weighted by Crippen LogP contribution is -2.02. The van der Waals surface area contributed by atoms with Crippen LogP contribution >= 0.6 is 11.3 Å². The summed E-state index contributed by atoms with van der Waals surface area (Å²) in [5.41, 5.74) is 1.51. The van der Waals surface area contributed by atoms with Crippen LogP contribution in [-0.4, -0.2) is 29.8 Å². The van der Waals surface area contributed by atoms with Crippen LogP contribution in [0.1, 0.15) is 15.4 Å². The molecule has 0 N–H and O–H groups in total. The molecule has 0 spiro atoms. The summed E-state index contributed by atoms with van der Waals surface area (Å²) in [6, 6.07) is 6.11. The minimum absolute atomic E-state index is 0.0675. The smallest absolute Gasteiger partial charge is 0.199 e. The predicted molar refractivity (Wildman–Crippen MR) is 79.4 cm³/mol. The van der Waals surface area contributed by atoms with Crippen molar-refractivity contribution in [2.75, 3.05) is 14.1 Å². The Kier molecular flexibility index (Phi) is 4.29. The Morgan fingerprint density at radius 2 is 1.95 bits per heavy atom. The van der Waals surface area contributed by atoms with E-state index in [0.29, 0.717) is 10.6 Å². The largest absolute Gasteiger partial charge is 0.383 e. The maximum absolute atomic E-state index is 12.9. The third kappa shape index (κ3) is 3.30. The molecule has 0 aliphatic carbocycles. The van der Waals surface area contributed by atoms with E-state index in [1.165, 1.54) is 29.5 Å². The maximum Gasteiger partial charge on any atom is 0.199 e. The standard InChI is InChI=1S/C15H15FN2OS/c1-10-14(13(19)8-9-18(2)3)20-15(17-10)11-4-6-12(16)7-5-11/h4-9H,1-3H3. The molecular weight excluding hydrogens is 275 g/mol. The SMILES string of the molecule is Cc1nc(-c2ccc(F)cc2)sc1C(=O)C=CN(C)C. The summed E-state index contributed by atoms with van der Waals surface area (Å²) in [6.45, 7) is 1.81. The van der Waals surface area contributed by atoms with Crippen molar-refractivity contribution in [3.05, 3.63) is 52.9 Å². The summed E-state index contributed by atoms with van der Waals surface area (Å²) < 4.78 is 12.9. The zero-order valence-corrected chi connectivity index (χ0v) is 12.4. The molecule has 0 atom stereocenters. The second kappa shape index (κ2) is 5.96. The van der Waals surface area contributed by atoms with Gasteiger partial charge in [0.2, 0.25) is 0 Å². The first-order valence-electron chi connectivity index (χ1n) is 6.09. The molecule has 0 aliphatic rings. The van der Waals surface area contributed by atoms with Gasteiger partial charge in [-0.2, -0.15) is 0 Å². The Bertz CT molecular complexity index is 644. The quantitative estimate of drug-likeness (QED) is 0.638. The highest BCUT2D eigenvalue weighted by Crippen LogP contribution is 2.28. The molecule has 0 aliphatic heterocycles. The minimum atomic E-state index is -0.285. The van der Waals surface area contributed by atoms with Crippen molar-refractivity contribution in [2.24, 2.45) is 0 Å². The second-order valence-electron chi connectivity index (χ2n) is 4.58. The number of nitrogens with zero attached hydrogens (tertiary/aromatic N) is 2. The molecule has 2 aromatic rings. The molecule has 1 aromatic heterocycles. The highest BCUT2D eigenvalue weighted by molar-refractivity contribution is 7.17. The van der Waals surface area contributed by atoms with E-state index in [2.05, 4.69) is 4.98 Å². The van der Waals surface area contributed by atoms with Crippen LogP contribution < -0.4 is 0 Å². The van der Waals surface area contributed by atoms with Gasteiger partial charge in [0.25, 0.3) is 0 Å². The summed E-state index contributed by atoms with van der Waals surface area (Å²) in [6.07, 6.45) is 3.23. The number of aromatic nitrogens is 1. The van der Waals surface area contributed by atoms with Gasteiger partial charge >= 0.3 is 0 Å². The summed E-state index contributed by atoms with van der Waals surface area (Å²) in [7, 11) is 3.71. The molecule has 0 saturated carbocycles.